The summed E-state index contributed by atoms with van der Waals surface area (Å²) in [5, 5.41) is 2.74. The summed E-state index contributed by atoms with van der Waals surface area (Å²) in [6.07, 6.45) is 2.28. The highest BCUT2D eigenvalue weighted by Crippen LogP contribution is 2.05. The van der Waals surface area contributed by atoms with E-state index in [0.29, 0.717) is 32.1 Å². The summed E-state index contributed by atoms with van der Waals surface area (Å²) in [5.41, 5.74) is 6.29. The second-order valence-corrected chi connectivity index (χ2v) is 3.66. The molecule has 0 saturated carbocycles. The largest absolute Gasteiger partial charge is 0.397 e. The molecule has 3 N–H and O–H groups in total. The Morgan fingerprint density at radius 3 is 3.00 bits per heavy atom. The highest BCUT2D eigenvalue weighted by Gasteiger charge is 2.09. The van der Waals surface area contributed by atoms with Gasteiger partial charge in [-0.15, -0.1) is 0 Å². The molecular formula is C12H19N3O3. The summed E-state index contributed by atoms with van der Waals surface area (Å²) < 4.78 is 10.1. The van der Waals surface area contributed by atoms with Crippen LogP contribution in [0.5, 0.6) is 0 Å². The topological polar surface area (TPSA) is 86.5 Å². The zero-order valence-electron chi connectivity index (χ0n) is 10.5. The fourth-order valence-electron chi connectivity index (χ4n) is 1.31. The van der Waals surface area contributed by atoms with E-state index in [1.165, 1.54) is 0 Å². The van der Waals surface area contributed by atoms with Crippen molar-refractivity contribution in [3.8, 4) is 0 Å². The maximum atomic E-state index is 11.7. The summed E-state index contributed by atoms with van der Waals surface area (Å²) in [5.74, 6) is -0.259. The summed E-state index contributed by atoms with van der Waals surface area (Å²) in [6, 6.07) is 3.34. The molecule has 18 heavy (non-hydrogen) atoms. The Morgan fingerprint density at radius 1 is 1.44 bits per heavy atom. The predicted octanol–water partition coefficient (Wildman–Crippen LogP) is 0.447. The van der Waals surface area contributed by atoms with Gasteiger partial charge in [0.1, 0.15) is 0 Å². The molecular weight excluding hydrogens is 234 g/mol. The van der Waals surface area contributed by atoms with Crippen molar-refractivity contribution in [1.29, 1.82) is 0 Å². The molecule has 0 bridgehead atoms. The maximum absolute atomic E-state index is 11.7. The van der Waals surface area contributed by atoms with Crippen LogP contribution in [0.4, 0.5) is 5.69 Å². The number of carbonyl (C=O) groups is 1. The summed E-state index contributed by atoms with van der Waals surface area (Å²) in [4.78, 5) is 15.6. The van der Waals surface area contributed by atoms with Gasteiger partial charge in [-0.25, -0.2) is 4.98 Å². The van der Waals surface area contributed by atoms with Crippen LogP contribution < -0.4 is 11.1 Å². The van der Waals surface area contributed by atoms with Gasteiger partial charge in [0, 0.05) is 26.5 Å². The number of nitrogen functional groups attached to an aromatic ring is 1. The predicted molar refractivity (Wildman–Crippen MR) is 68.3 cm³/mol. The molecule has 1 heterocycles. The van der Waals surface area contributed by atoms with Gasteiger partial charge < -0.3 is 20.5 Å². The van der Waals surface area contributed by atoms with Crippen LogP contribution in [0.2, 0.25) is 0 Å². The van der Waals surface area contributed by atoms with E-state index in [0.717, 1.165) is 6.42 Å². The van der Waals surface area contributed by atoms with Crippen molar-refractivity contribution < 1.29 is 14.3 Å². The third-order valence-electron chi connectivity index (χ3n) is 2.24. The molecule has 1 aromatic heterocycles. The van der Waals surface area contributed by atoms with Crippen molar-refractivity contribution >= 4 is 11.6 Å². The number of hydrogen-bond acceptors (Lipinski definition) is 5. The fourth-order valence-corrected chi connectivity index (χ4v) is 1.31. The van der Waals surface area contributed by atoms with E-state index in [1.54, 1.807) is 25.4 Å². The normalized spacial score (nSPS) is 10.3. The molecule has 1 aromatic rings. The van der Waals surface area contributed by atoms with E-state index in [-0.39, 0.29) is 11.6 Å². The molecule has 100 valence electrons. The second-order valence-electron chi connectivity index (χ2n) is 3.66. The summed E-state index contributed by atoms with van der Waals surface area (Å²) >= 11 is 0. The zero-order chi connectivity index (χ0) is 13.2. The van der Waals surface area contributed by atoms with Crippen molar-refractivity contribution in [2.75, 3.05) is 39.2 Å². The average molecular weight is 253 g/mol. The number of aromatic nitrogens is 1. The van der Waals surface area contributed by atoms with Crippen molar-refractivity contribution in [3.63, 3.8) is 0 Å². The smallest absolute Gasteiger partial charge is 0.272 e. The van der Waals surface area contributed by atoms with E-state index in [9.17, 15) is 4.79 Å². The van der Waals surface area contributed by atoms with Crippen LogP contribution in [0.25, 0.3) is 0 Å². The minimum Gasteiger partial charge on any atom is -0.397 e. The lowest BCUT2D eigenvalue weighted by molar-refractivity contribution is 0.0688. The number of rotatable bonds is 8. The zero-order valence-corrected chi connectivity index (χ0v) is 10.5. The molecule has 0 atom stereocenters. The van der Waals surface area contributed by atoms with E-state index >= 15 is 0 Å². The van der Waals surface area contributed by atoms with Gasteiger partial charge in [-0.2, -0.15) is 0 Å². The number of nitrogens with zero attached hydrogens (tertiary/aromatic N) is 1. The molecule has 0 spiro atoms. The SMILES string of the molecule is COCCOCCCNC(=O)c1ncccc1N. The van der Waals surface area contributed by atoms with Gasteiger partial charge in [0.15, 0.2) is 5.69 Å². The summed E-state index contributed by atoms with van der Waals surface area (Å²) in [7, 11) is 1.63. The maximum Gasteiger partial charge on any atom is 0.272 e. The molecule has 6 nitrogen and oxygen atoms in total. The van der Waals surface area contributed by atoms with E-state index in [2.05, 4.69) is 10.3 Å². The van der Waals surface area contributed by atoms with Gasteiger partial charge in [-0.05, 0) is 18.6 Å². The molecule has 0 fully saturated rings. The van der Waals surface area contributed by atoms with Crippen LogP contribution >= 0.6 is 0 Å². The van der Waals surface area contributed by atoms with Crippen LogP contribution in [0, 0.1) is 0 Å². The van der Waals surface area contributed by atoms with Crippen LogP contribution in [0.3, 0.4) is 0 Å². The second kappa shape index (κ2) is 8.43. The molecule has 0 radical (unpaired) electrons. The average Bonchev–Trinajstić information content (AvgIpc) is 2.38. The first-order valence-corrected chi connectivity index (χ1v) is 5.81. The number of ether oxygens (including phenoxy) is 2. The van der Waals surface area contributed by atoms with Crippen molar-refractivity contribution in [2.24, 2.45) is 0 Å². The molecule has 0 aliphatic rings. The van der Waals surface area contributed by atoms with Crippen molar-refractivity contribution in [2.45, 2.75) is 6.42 Å². The highest BCUT2D eigenvalue weighted by atomic mass is 16.5. The quantitative estimate of drug-likeness (QED) is 0.657. The van der Waals surface area contributed by atoms with Crippen LogP contribution in [0.1, 0.15) is 16.9 Å². The molecule has 0 aromatic carbocycles. The van der Waals surface area contributed by atoms with Gasteiger partial charge in [-0.3, -0.25) is 4.79 Å². The van der Waals surface area contributed by atoms with Crippen LogP contribution in [0.15, 0.2) is 18.3 Å². The first-order valence-electron chi connectivity index (χ1n) is 5.81. The molecule has 1 amide bonds. The third-order valence-corrected chi connectivity index (χ3v) is 2.24. The minimum atomic E-state index is -0.259. The van der Waals surface area contributed by atoms with Crippen LogP contribution in [-0.2, 0) is 9.47 Å². The van der Waals surface area contributed by atoms with Gasteiger partial charge in [0.2, 0.25) is 0 Å². The number of amides is 1. The van der Waals surface area contributed by atoms with Gasteiger partial charge in [0.05, 0.1) is 18.9 Å². The number of carbonyl (C=O) groups excluding carboxylic acids is 1. The Balaban J connectivity index is 2.16. The van der Waals surface area contributed by atoms with E-state index in [1.807, 2.05) is 0 Å². The van der Waals surface area contributed by atoms with Gasteiger partial charge >= 0.3 is 0 Å². The van der Waals surface area contributed by atoms with E-state index < -0.39 is 0 Å². The Kier molecular flexibility index (Phi) is 6.75. The number of hydrogen-bond donors (Lipinski definition) is 2. The highest BCUT2D eigenvalue weighted by molar-refractivity contribution is 5.96. The van der Waals surface area contributed by atoms with Gasteiger partial charge in [0.25, 0.3) is 5.91 Å². The Labute approximate surface area is 106 Å². The first kappa shape index (κ1) is 14.4. The van der Waals surface area contributed by atoms with Gasteiger partial charge in [-0.1, -0.05) is 0 Å². The fraction of sp³-hybridized carbons (Fsp3) is 0.500. The molecule has 0 unspecified atom stereocenters. The Morgan fingerprint density at radius 2 is 2.28 bits per heavy atom. The summed E-state index contributed by atoms with van der Waals surface area (Å²) in [6.45, 7) is 2.26. The number of pyridine rings is 1. The number of nitrogens with one attached hydrogen (secondary N) is 1. The number of anilines is 1. The molecule has 1 rings (SSSR count). The minimum absolute atomic E-state index is 0.259. The monoisotopic (exact) mass is 253 g/mol. The van der Waals surface area contributed by atoms with Crippen molar-refractivity contribution in [1.82, 2.24) is 10.3 Å². The standard InChI is InChI=1S/C12H19N3O3/c1-17-8-9-18-7-3-6-15-12(16)11-10(13)4-2-5-14-11/h2,4-5H,3,6-9,13H2,1H3,(H,15,16). The van der Waals surface area contributed by atoms with Crippen molar-refractivity contribution in [3.05, 3.63) is 24.0 Å². The third kappa shape index (κ3) is 5.11. The molecule has 0 aliphatic carbocycles. The van der Waals surface area contributed by atoms with E-state index in [4.69, 9.17) is 15.2 Å². The Bertz CT molecular complexity index is 371. The van der Waals surface area contributed by atoms with Crippen LogP contribution in [-0.4, -0.2) is 44.4 Å². The Hall–Kier alpha value is -1.66. The lowest BCUT2D eigenvalue weighted by Crippen LogP contribution is -2.27. The number of nitrogens with two attached hydrogens (primary N) is 1. The number of methoxy groups -OCH3 is 1. The molecule has 0 aliphatic heterocycles. The lowest BCUT2D eigenvalue weighted by Gasteiger charge is -2.06. The lowest BCUT2D eigenvalue weighted by atomic mass is 10.3. The first-order chi connectivity index (χ1) is 8.75. The molecule has 0 saturated heterocycles. The molecule has 6 heteroatoms.